The average Bonchev–Trinajstić information content (AvgIpc) is 2.43. The Bertz CT molecular complexity index is 597. The zero-order valence-corrected chi connectivity index (χ0v) is 11.3. The second kappa shape index (κ2) is 5.99. The van der Waals surface area contributed by atoms with Gasteiger partial charge in [-0.15, -0.1) is 0 Å². The summed E-state index contributed by atoms with van der Waals surface area (Å²) in [5.74, 6) is -0.249. The first-order valence-corrected chi connectivity index (χ1v) is 6.50. The van der Waals surface area contributed by atoms with Crippen molar-refractivity contribution in [2.24, 2.45) is 0 Å². The molecule has 1 amide bonds. The molecular formula is C14H15ClN2O2. The highest BCUT2D eigenvalue weighted by atomic mass is 35.5. The smallest absolute Gasteiger partial charge is 0.252 e. The molecule has 2 aromatic rings. The predicted octanol–water partition coefficient (Wildman–Crippen LogP) is 2.39. The molecule has 2 rings (SSSR count). The van der Waals surface area contributed by atoms with Gasteiger partial charge in [-0.25, -0.2) is 4.98 Å². The number of aliphatic hydroxyl groups excluding tert-OH is 1. The van der Waals surface area contributed by atoms with Crippen LogP contribution in [0.2, 0.25) is 5.15 Å². The van der Waals surface area contributed by atoms with E-state index < -0.39 is 0 Å². The number of nitrogens with one attached hydrogen (secondary N) is 1. The van der Waals surface area contributed by atoms with Gasteiger partial charge in [-0.05, 0) is 18.6 Å². The lowest BCUT2D eigenvalue weighted by Gasteiger charge is -2.15. The van der Waals surface area contributed by atoms with E-state index in [1.54, 1.807) is 12.1 Å². The number of halogens is 1. The molecule has 5 heteroatoms. The third kappa shape index (κ3) is 3.03. The molecule has 1 aromatic heterocycles. The minimum Gasteiger partial charge on any atom is -0.394 e. The molecule has 1 heterocycles. The number of nitrogens with zero attached hydrogens (tertiary/aromatic N) is 1. The van der Waals surface area contributed by atoms with Gasteiger partial charge in [0.15, 0.2) is 0 Å². The quantitative estimate of drug-likeness (QED) is 0.844. The van der Waals surface area contributed by atoms with Crippen molar-refractivity contribution in [2.75, 3.05) is 6.61 Å². The molecule has 2 N–H and O–H groups in total. The summed E-state index contributed by atoms with van der Waals surface area (Å²) in [5, 5.41) is 12.9. The fraction of sp³-hybridized carbons (Fsp3) is 0.286. The summed E-state index contributed by atoms with van der Waals surface area (Å²) < 4.78 is 0. The molecule has 1 unspecified atom stereocenters. The van der Waals surface area contributed by atoms with Gasteiger partial charge in [-0.2, -0.15) is 0 Å². The van der Waals surface area contributed by atoms with Crippen molar-refractivity contribution < 1.29 is 9.90 Å². The van der Waals surface area contributed by atoms with Crippen molar-refractivity contribution in [1.82, 2.24) is 10.3 Å². The maximum Gasteiger partial charge on any atom is 0.252 e. The van der Waals surface area contributed by atoms with Gasteiger partial charge in [0, 0.05) is 5.39 Å². The Balaban J connectivity index is 2.41. The van der Waals surface area contributed by atoms with Gasteiger partial charge >= 0.3 is 0 Å². The highest BCUT2D eigenvalue weighted by molar-refractivity contribution is 6.30. The standard InChI is InChI=1S/C14H15ClN2O2/c1-2-9(8-18)16-14(19)11-7-13(15)17-12-6-4-3-5-10(11)12/h3-7,9,18H,2,8H2,1H3,(H,16,19). The Morgan fingerprint density at radius 3 is 2.89 bits per heavy atom. The summed E-state index contributed by atoms with van der Waals surface area (Å²) >= 11 is 5.93. The summed E-state index contributed by atoms with van der Waals surface area (Å²) in [4.78, 5) is 16.4. The third-order valence-electron chi connectivity index (χ3n) is 2.98. The van der Waals surface area contributed by atoms with Crippen LogP contribution in [0.25, 0.3) is 10.9 Å². The number of para-hydroxylation sites is 1. The Hall–Kier alpha value is -1.65. The Morgan fingerprint density at radius 1 is 1.47 bits per heavy atom. The molecule has 0 radical (unpaired) electrons. The maximum absolute atomic E-state index is 12.2. The first-order chi connectivity index (χ1) is 9.15. The number of hydrogen-bond acceptors (Lipinski definition) is 3. The number of hydrogen-bond donors (Lipinski definition) is 2. The van der Waals surface area contributed by atoms with Crippen LogP contribution in [0.15, 0.2) is 30.3 Å². The number of fused-ring (bicyclic) bond motifs is 1. The van der Waals surface area contributed by atoms with Crippen molar-refractivity contribution in [3.63, 3.8) is 0 Å². The highest BCUT2D eigenvalue weighted by Crippen LogP contribution is 2.20. The molecule has 0 bridgehead atoms. The minimum atomic E-state index is -0.252. The summed E-state index contributed by atoms with van der Waals surface area (Å²) in [7, 11) is 0. The van der Waals surface area contributed by atoms with E-state index >= 15 is 0 Å². The number of rotatable bonds is 4. The van der Waals surface area contributed by atoms with E-state index in [0.29, 0.717) is 17.5 Å². The lowest BCUT2D eigenvalue weighted by Crippen LogP contribution is -2.37. The summed E-state index contributed by atoms with van der Waals surface area (Å²) in [6.07, 6.45) is 0.666. The molecule has 100 valence electrons. The van der Waals surface area contributed by atoms with E-state index in [2.05, 4.69) is 10.3 Å². The highest BCUT2D eigenvalue weighted by Gasteiger charge is 2.15. The molecule has 4 nitrogen and oxygen atoms in total. The summed E-state index contributed by atoms with van der Waals surface area (Å²) in [5.41, 5.74) is 1.15. The summed E-state index contributed by atoms with van der Waals surface area (Å²) in [6.45, 7) is 1.82. The molecule has 0 saturated heterocycles. The number of carbonyl (C=O) groups is 1. The maximum atomic E-state index is 12.2. The average molecular weight is 279 g/mol. The van der Waals surface area contributed by atoms with E-state index in [1.807, 2.05) is 25.1 Å². The largest absolute Gasteiger partial charge is 0.394 e. The lowest BCUT2D eigenvalue weighted by atomic mass is 10.1. The van der Waals surface area contributed by atoms with E-state index in [1.165, 1.54) is 0 Å². The van der Waals surface area contributed by atoms with Gasteiger partial charge in [-0.3, -0.25) is 4.79 Å². The number of pyridine rings is 1. The lowest BCUT2D eigenvalue weighted by molar-refractivity contribution is 0.0916. The number of amides is 1. The van der Waals surface area contributed by atoms with Crippen LogP contribution >= 0.6 is 11.6 Å². The zero-order valence-electron chi connectivity index (χ0n) is 10.6. The molecule has 0 aliphatic rings. The molecule has 0 aliphatic heterocycles. The first-order valence-electron chi connectivity index (χ1n) is 6.12. The molecule has 1 atom stereocenters. The number of aromatic nitrogens is 1. The van der Waals surface area contributed by atoms with Crippen LogP contribution in [-0.2, 0) is 0 Å². The van der Waals surface area contributed by atoms with Crippen molar-refractivity contribution in [2.45, 2.75) is 19.4 Å². The minimum absolute atomic E-state index is 0.0843. The second-order valence-corrected chi connectivity index (χ2v) is 4.66. The van der Waals surface area contributed by atoms with E-state index in [4.69, 9.17) is 16.7 Å². The predicted molar refractivity (Wildman–Crippen MR) is 75.4 cm³/mol. The van der Waals surface area contributed by atoms with E-state index in [9.17, 15) is 4.79 Å². The third-order valence-corrected chi connectivity index (χ3v) is 3.17. The number of aliphatic hydroxyl groups is 1. The van der Waals surface area contributed by atoms with Crippen LogP contribution in [0.5, 0.6) is 0 Å². The molecular weight excluding hydrogens is 264 g/mol. The van der Waals surface area contributed by atoms with Crippen molar-refractivity contribution in [1.29, 1.82) is 0 Å². The SMILES string of the molecule is CCC(CO)NC(=O)c1cc(Cl)nc2ccccc12. The Labute approximate surface area is 116 Å². The first kappa shape index (κ1) is 13.8. The van der Waals surface area contributed by atoms with Gasteiger partial charge in [0.1, 0.15) is 5.15 Å². The second-order valence-electron chi connectivity index (χ2n) is 4.27. The molecule has 1 aromatic carbocycles. The topological polar surface area (TPSA) is 62.2 Å². The van der Waals surface area contributed by atoms with Gasteiger partial charge in [0.05, 0.1) is 23.7 Å². The van der Waals surface area contributed by atoms with Crippen LogP contribution in [0.3, 0.4) is 0 Å². The Morgan fingerprint density at radius 2 is 2.21 bits per heavy atom. The fourth-order valence-corrected chi connectivity index (χ4v) is 2.07. The molecule has 0 aliphatic carbocycles. The van der Waals surface area contributed by atoms with Crippen LogP contribution in [0.1, 0.15) is 23.7 Å². The van der Waals surface area contributed by atoms with Crippen LogP contribution < -0.4 is 5.32 Å². The number of carbonyl (C=O) groups excluding carboxylic acids is 1. The van der Waals surface area contributed by atoms with Crippen molar-refractivity contribution in [3.05, 3.63) is 41.0 Å². The van der Waals surface area contributed by atoms with E-state index in [0.717, 1.165) is 5.39 Å². The molecule has 0 fully saturated rings. The van der Waals surface area contributed by atoms with Crippen molar-refractivity contribution >= 4 is 28.4 Å². The van der Waals surface area contributed by atoms with E-state index in [-0.39, 0.29) is 23.7 Å². The fourth-order valence-electron chi connectivity index (χ4n) is 1.87. The van der Waals surface area contributed by atoms with Gasteiger partial charge < -0.3 is 10.4 Å². The normalized spacial score (nSPS) is 12.4. The van der Waals surface area contributed by atoms with Crippen LogP contribution in [0.4, 0.5) is 0 Å². The van der Waals surface area contributed by atoms with Crippen molar-refractivity contribution in [3.8, 4) is 0 Å². The number of benzene rings is 1. The summed E-state index contributed by atoms with van der Waals surface area (Å²) in [6, 6.07) is 8.62. The molecule has 19 heavy (non-hydrogen) atoms. The van der Waals surface area contributed by atoms with Crippen LogP contribution in [0, 0.1) is 0 Å². The van der Waals surface area contributed by atoms with Crippen LogP contribution in [-0.4, -0.2) is 28.6 Å². The molecule has 0 spiro atoms. The van der Waals surface area contributed by atoms with Gasteiger partial charge in [0.2, 0.25) is 0 Å². The van der Waals surface area contributed by atoms with Gasteiger partial charge in [0.25, 0.3) is 5.91 Å². The monoisotopic (exact) mass is 278 g/mol. The Kier molecular flexibility index (Phi) is 4.35. The molecule has 0 saturated carbocycles. The van der Waals surface area contributed by atoms with Gasteiger partial charge in [-0.1, -0.05) is 36.7 Å². The zero-order chi connectivity index (χ0) is 13.8.